The van der Waals surface area contributed by atoms with Gasteiger partial charge in [0.2, 0.25) is 0 Å². The summed E-state index contributed by atoms with van der Waals surface area (Å²) < 4.78 is 4.54. The Kier molecular flexibility index (Phi) is 4.49. The van der Waals surface area contributed by atoms with E-state index in [1.807, 2.05) is 0 Å². The third kappa shape index (κ3) is 4.03. The molecule has 2 N–H and O–H groups in total. The van der Waals surface area contributed by atoms with Gasteiger partial charge < -0.3 is 15.3 Å². The highest BCUT2D eigenvalue weighted by molar-refractivity contribution is 5.75. The first-order valence-corrected chi connectivity index (χ1v) is 3.07. The van der Waals surface area contributed by atoms with Crippen LogP contribution in [0.4, 0.5) is 0 Å². The second kappa shape index (κ2) is 4.93. The fourth-order valence-corrected chi connectivity index (χ4v) is 0.460. The number of carbonyl (C=O) groups excluding carboxylic acids is 2. The molecule has 58 valence electrons. The molecule has 0 saturated carbocycles. The summed E-state index contributed by atoms with van der Waals surface area (Å²) in [5.41, 5.74) is 5.14. The minimum Gasteiger partial charge on any atom is -0.466 e. The number of hydrogen-bond acceptors (Lipinski definition) is 4. The van der Waals surface area contributed by atoms with Crippen molar-refractivity contribution >= 4 is 12.3 Å². The SMILES string of the molecule is CCOC(=O)CC(N)C=O. The van der Waals surface area contributed by atoms with Gasteiger partial charge >= 0.3 is 5.97 Å². The maximum Gasteiger partial charge on any atom is 0.307 e. The number of esters is 1. The largest absolute Gasteiger partial charge is 0.466 e. The Morgan fingerprint density at radius 1 is 1.80 bits per heavy atom. The van der Waals surface area contributed by atoms with Crippen LogP contribution in [-0.2, 0) is 14.3 Å². The van der Waals surface area contributed by atoms with E-state index in [9.17, 15) is 9.59 Å². The molecule has 0 amide bonds. The summed E-state index contributed by atoms with van der Waals surface area (Å²) in [7, 11) is 0. The van der Waals surface area contributed by atoms with Crippen LogP contribution in [0.25, 0.3) is 0 Å². The molecular formula is C6H11NO3. The molecule has 0 aromatic carbocycles. The molecule has 0 rings (SSSR count). The Bertz CT molecular complexity index is 124. The number of nitrogens with two attached hydrogens (primary N) is 1. The molecule has 0 fully saturated rings. The highest BCUT2D eigenvalue weighted by atomic mass is 16.5. The highest BCUT2D eigenvalue weighted by Crippen LogP contribution is 1.88. The van der Waals surface area contributed by atoms with Crippen LogP contribution in [0.15, 0.2) is 0 Å². The Morgan fingerprint density at radius 3 is 2.80 bits per heavy atom. The van der Waals surface area contributed by atoms with E-state index in [0.717, 1.165) is 0 Å². The van der Waals surface area contributed by atoms with Crippen molar-refractivity contribution < 1.29 is 14.3 Å². The standard InChI is InChI=1S/C6H11NO3/c1-2-10-6(9)3-5(7)4-8/h4-5H,2-3,7H2,1H3. The van der Waals surface area contributed by atoms with Gasteiger partial charge in [-0.15, -0.1) is 0 Å². The average Bonchev–Trinajstić information content (AvgIpc) is 1.88. The van der Waals surface area contributed by atoms with Crippen LogP contribution in [0.2, 0.25) is 0 Å². The first-order valence-electron chi connectivity index (χ1n) is 3.07. The van der Waals surface area contributed by atoms with E-state index in [4.69, 9.17) is 5.73 Å². The summed E-state index contributed by atoms with van der Waals surface area (Å²) in [6.45, 7) is 2.02. The molecule has 0 saturated heterocycles. The topological polar surface area (TPSA) is 69.4 Å². The summed E-state index contributed by atoms with van der Waals surface area (Å²) in [5.74, 6) is -0.429. The van der Waals surface area contributed by atoms with Gasteiger partial charge in [0.25, 0.3) is 0 Å². The van der Waals surface area contributed by atoms with E-state index < -0.39 is 12.0 Å². The quantitative estimate of drug-likeness (QED) is 0.426. The van der Waals surface area contributed by atoms with Crippen LogP contribution in [0.3, 0.4) is 0 Å². The minimum atomic E-state index is -0.723. The van der Waals surface area contributed by atoms with Crippen molar-refractivity contribution in [2.75, 3.05) is 6.61 Å². The Hall–Kier alpha value is -0.900. The first kappa shape index (κ1) is 9.10. The van der Waals surface area contributed by atoms with Gasteiger partial charge in [-0.25, -0.2) is 0 Å². The highest BCUT2D eigenvalue weighted by Gasteiger charge is 2.07. The Balaban J connectivity index is 3.46. The van der Waals surface area contributed by atoms with Gasteiger partial charge in [-0.05, 0) is 6.92 Å². The molecule has 0 aliphatic carbocycles. The van der Waals surface area contributed by atoms with Gasteiger partial charge in [-0.1, -0.05) is 0 Å². The number of hydrogen-bond donors (Lipinski definition) is 1. The molecule has 4 nitrogen and oxygen atoms in total. The summed E-state index contributed by atoms with van der Waals surface area (Å²) in [6.07, 6.45) is 0.494. The zero-order valence-corrected chi connectivity index (χ0v) is 5.87. The lowest BCUT2D eigenvalue weighted by atomic mass is 10.2. The maximum absolute atomic E-state index is 10.6. The monoisotopic (exact) mass is 145 g/mol. The van der Waals surface area contributed by atoms with Gasteiger partial charge in [0.15, 0.2) is 0 Å². The van der Waals surface area contributed by atoms with Crippen molar-refractivity contribution in [2.24, 2.45) is 5.73 Å². The maximum atomic E-state index is 10.6. The predicted molar refractivity (Wildman–Crippen MR) is 35.3 cm³/mol. The molecule has 4 heteroatoms. The third-order valence-corrected chi connectivity index (χ3v) is 0.882. The lowest BCUT2D eigenvalue weighted by Crippen LogP contribution is -2.26. The van der Waals surface area contributed by atoms with Crippen LogP contribution in [0.1, 0.15) is 13.3 Å². The number of rotatable bonds is 4. The fourth-order valence-electron chi connectivity index (χ4n) is 0.460. The van der Waals surface area contributed by atoms with Gasteiger partial charge in [-0.3, -0.25) is 4.79 Å². The molecule has 0 aliphatic heterocycles. The molecule has 0 heterocycles. The van der Waals surface area contributed by atoms with Crippen molar-refractivity contribution in [1.82, 2.24) is 0 Å². The number of carbonyl (C=O) groups is 2. The molecule has 1 atom stereocenters. The number of ether oxygens (including phenoxy) is 1. The zero-order valence-electron chi connectivity index (χ0n) is 5.87. The van der Waals surface area contributed by atoms with E-state index in [1.165, 1.54) is 0 Å². The van der Waals surface area contributed by atoms with Crippen molar-refractivity contribution in [1.29, 1.82) is 0 Å². The van der Waals surface area contributed by atoms with Crippen molar-refractivity contribution in [2.45, 2.75) is 19.4 Å². The normalized spacial score (nSPS) is 12.2. The first-order chi connectivity index (χ1) is 4.70. The predicted octanol–water partition coefficient (Wildman–Crippen LogP) is -0.534. The molecular weight excluding hydrogens is 134 g/mol. The van der Waals surface area contributed by atoms with E-state index in [-0.39, 0.29) is 6.42 Å². The van der Waals surface area contributed by atoms with Gasteiger partial charge in [0, 0.05) is 0 Å². The molecule has 0 bridgehead atoms. The van der Waals surface area contributed by atoms with Crippen molar-refractivity contribution in [3.05, 3.63) is 0 Å². The molecule has 10 heavy (non-hydrogen) atoms. The van der Waals surface area contributed by atoms with Gasteiger partial charge in [-0.2, -0.15) is 0 Å². The van der Waals surface area contributed by atoms with E-state index in [2.05, 4.69) is 4.74 Å². The fraction of sp³-hybridized carbons (Fsp3) is 0.667. The van der Waals surface area contributed by atoms with Crippen molar-refractivity contribution in [3.8, 4) is 0 Å². The Labute approximate surface area is 59.3 Å². The smallest absolute Gasteiger partial charge is 0.307 e. The summed E-state index contributed by atoms with van der Waals surface area (Å²) in [4.78, 5) is 20.5. The minimum absolute atomic E-state index is 0.0304. The van der Waals surface area contributed by atoms with E-state index in [1.54, 1.807) is 6.92 Å². The van der Waals surface area contributed by atoms with Crippen molar-refractivity contribution in [3.63, 3.8) is 0 Å². The average molecular weight is 145 g/mol. The summed E-state index contributed by atoms with van der Waals surface area (Å²) in [5, 5.41) is 0. The van der Waals surface area contributed by atoms with E-state index >= 15 is 0 Å². The molecule has 0 aliphatic rings. The van der Waals surface area contributed by atoms with Crippen LogP contribution in [0, 0.1) is 0 Å². The lowest BCUT2D eigenvalue weighted by Gasteiger charge is -2.01. The second-order valence-electron chi connectivity index (χ2n) is 1.81. The van der Waals surface area contributed by atoms with Gasteiger partial charge in [0.05, 0.1) is 19.1 Å². The van der Waals surface area contributed by atoms with Gasteiger partial charge in [0.1, 0.15) is 6.29 Å². The molecule has 0 aromatic heterocycles. The molecule has 1 unspecified atom stereocenters. The molecule has 0 radical (unpaired) electrons. The number of aldehydes is 1. The van der Waals surface area contributed by atoms with Crippen LogP contribution in [0.5, 0.6) is 0 Å². The molecule has 0 spiro atoms. The van der Waals surface area contributed by atoms with Crippen LogP contribution < -0.4 is 5.73 Å². The van der Waals surface area contributed by atoms with Crippen LogP contribution in [-0.4, -0.2) is 24.9 Å². The summed E-state index contributed by atoms with van der Waals surface area (Å²) >= 11 is 0. The van der Waals surface area contributed by atoms with E-state index in [0.29, 0.717) is 12.9 Å². The lowest BCUT2D eigenvalue weighted by molar-refractivity contribution is -0.144. The Morgan fingerprint density at radius 2 is 2.40 bits per heavy atom. The summed E-state index contributed by atoms with van der Waals surface area (Å²) in [6, 6.07) is -0.723. The zero-order chi connectivity index (χ0) is 7.98. The van der Waals surface area contributed by atoms with Crippen LogP contribution >= 0.6 is 0 Å². The second-order valence-corrected chi connectivity index (χ2v) is 1.81. The molecule has 0 aromatic rings. The third-order valence-electron chi connectivity index (χ3n) is 0.882.